The minimum absolute atomic E-state index is 0.266. The number of rotatable bonds is 8. The largest absolute Gasteiger partial charge is 0.452 e. The van der Waals surface area contributed by atoms with Crippen molar-refractivity contribution >= 4 is 12.2 Å². The third-order valence-electron chi connectivity index (χ3n) is 2.63. The van der Waals surface area contributed by atoms with Crippen molar-refractivity contribution in [3.63, 3.8) is 0 Å². The highest BCUT2D eigenvalue weighted by Gasteiger charge is 2.10. The lowest BCUT2D eigenvalue weighted by molar-refractivity contribution is 0.128. The Labute approximate surface area is 114 Å². The molecule has 110 valence electrons. The SMILES string of the molecule is CCCCC(CC)COC(=O)N=NC(=O)OCCC. The molecule has 0 radical (unpaired) electrons. The fraction of sp³-hybridized carbons (Fsp3) is 0.846. The van der Waals surface area contributed by atoms with Gasteiger partial charge in [-0.05, 0) is 18.8 Å². The van der Waals surface area contributed by atoms with Crippen molar-refractivity contribution in [2.24, 2.45) is 16.1 Å². The van der Waals surface area contributed by atoms with Crippen LogP contribution in [0.5, 0.6) is 0 Å². The Morgan fingerprint density at radius 1 is 1.00 bits per heavy atom. The van der Waals surface area contributed by atoms with E-state index < -0.39 is 12.2 Å². The molecule has 19 heavy (non-hydrogen) atoms. The molecular formula is C13H24N2O4. The van der Waals surface area contributed by atoms with Gasteiger partial charge in [0, 0.05) is 0 Å². The standard InChI is InChI=1S/C13H24N2O4/c1-4-7-8-11(6-3)10-19-13(17)15-14-12(16)18-9-5-2/h11H,4-10H2,1-3H3. The van der Waals surface area contributed by atoms with E-state index in [1.54, 1.807) is 0 Å². The van der Waals surface area contributed by atoms with Crippen LogP contribution in [0.2, 0.25) is 0 Å². The zero-order valence-corrected chi connectivity index (χ0v) is 12.1. The smallest absolute Gasteiger partial charge is 0.447 e. The first kappa shape index (κ1) is 17.5. The van der Waals surface area contributed by atoms with Crippen LogP contribution in [0.4, 0.5) is 9.59 Å². The van der Waals surface area contributed by atoms with Gasteiger partial charge in [-0.1, -0.05) is 50.3 Å². The number of carbonyl (C=O) groups excluding carboxylic acids is 2. The third kappa shape index (κ3) is 10.2. The lowest BCUT2D eigenvalue weighted by atomic mass is 10.0. The first-order valence-corrected chi connectivity index (χ1v) is 6.89. The molecule has 6 nitrogen and oxygen atoms in total. The molecule has 0 saturated carbocycles. The van der Waals surface area contributed by atoms with Crippen molar-refractivity contribution < 1.29 is 19.1 Å². The highest BCUT2D eigenvalue weighted by Crippen LogP contribution is 2.13. The van der Waals surface area contributed by atoms with Gasteiger partial charge >= 0.3 is 12.2 Å². The first-order chi connectivity index (χ1) is 9.13. The van der Waals surface area contributed by atoms with Crippen LogP contribution >= 0.6 is 0 Å². The summed E-state index contributed by atoms with van der Waals surface area (Å²) in [5.74, 6) is 0.339. The quantitative estimate of drug-likeness (QED) is 0.616. The minimum Gasteiger partial charge on any atom is -0.447 e. The minimum atomic E-state index is -0.864. The van der Waals surface area contributed by atoms with Gasteiger partial charge in [0.05, 0.1) is 13.2 Å². The van der Waals surface area contributed by atoms with Gasteiger partial charge in [0.2, 0.25) is 0 Å². The van der Waals surface area contributed by atoms with Crippen molar-refractivity contribution in [3.05, 3.63) is 0 Å². The zero-order valence-electron chi connectivity index (χ0n) is 12.1. The van der Waals surface area contributed by atoms with E-state index in [2.05, 4.69) is 28.8 Å². The van der Waals surface area contributed by atoms with Gasteiger partial charge in [-0.3, -0.25) is 0 Å². The molecule has 0 heterocycles. The van der Waals surface area contributed by atoms with Gasteiger partial charge in [0.25, 0.3) is 0 Å². The molecule has 2 amide bonds. The molecule has 6 heteroatoms. The maximum absolute atomic E-state index is 11.2. The van der Waals surface area contributed by atoms with Crippen LogP contribution in [-0.2, 0) is 9.47 Å². The first-order valence-electron chi connectivity index (χ1n) is 6.89. The number of unbranched alkanes of at least 4 members (excludes halogenated alkanes) is 1. The van der Waals surface area contributed by atoms with Crippen LogP contribution in [0.1, 0.15) is 52.9 Å². The number of amides is 2. The van der Waals surface area contributed by atoms with Crippen molar-refractivity contribution in [3.8, 4) is 0 Å². The van der Waals surface area contributed by atoms with E-state index in [4.69, 9.17) is 4.74 Å². The monoisotopic (exact) mass is 272 g/mol. The van der Waals surface area contributed by atoms with Gasteiger partial charge in [-0.2, -0.15) is 0 Å². The summed E-state index contributed by atoms with van der Waals surface area (Å²) in [6, 6.07) is 0. The Morgan fingerprint density at radius 3 is 2.16 bits per heavy atom. The van der Waals surface area contributed by atoms with Crippen molar-refractivity contribution in [1.29, 1.82) is 0 Å². The van der Waals surface area contributed by atoms with Gasteiger partial charge in [0.15, 0.2) is 0 Å². The van der Waals surface area contributed by atoms with Crippen LogP contribution < -0.4 is 0 Å². The van der Waals surface area contributed by atoms with Gasteiger partial charge in [-0.25, -0.2) is 9.59 Å². The van der Waals surface area contributed by atoms with Gasteiger partial charge < -0.3 is 9.47 Å². The predicted molar refractivity (Wildman–Crippen MR) is 71.1 cm³/mol. The van der Waals surface area contributed by atoms with E-state index >= 15 is 0 Å². The second-order valence-corrected chi connectivity index (χ2v) is 4.31. The number of azo groups is 1. The molecule has 1 unspecified atom stereocenters. The third-order valence-corrected chi connectivity index (χ3v) is 2.63. The summed E-state index contributed by atoms with van der Waals surface area (Å²) >= 11 is 0. The number of hydrogen-bond donors (Lipinski definition) is 0. The van der Waals surface area contributed by atoms with E-state index in [9.17, 15) is 9.59 Å². The molecule has 0 fully saturated rings. The van der Waals surface area contributed by atoms with Gasteiger partial charge in [0.1, 0.15) is 0 Å². The molecule has 0 N–H and O–H groups in total. The molecule has 0 aliphatic rings. The second kappa shape index (κ2) is 11.6. The molecule has 0 bridgehead atoms. The second-order valence-electron chi connectivity index (χ2n) is 4.31. The Hall–Kier alpha value is -1.46. The summed E-state index contributed by atoms with van der Waals surface area (Å²) in [4.78, 5) is 22.2. The molecule has 0 aromatic heterocycles. The summed E-state index contributed by atoms with van der Waals surface area (Å²) in [6.07, 6.45) is 3.19. The molecule has 0 aromatic carbocycles. The molecule has 0 aliphatic heterocycles. The molecule has 0 saturated heterocycles. The molecule has 0 spiro atoms. The Balaban J connectivity index is 3.89. The van der Waals surface area contributed by atoms with Crippen LogP contribution in [0.25, 0.3) is 0 Å². The van der Waals surface area contributed by atoms with Crippen molar-refractivity contribution in [2.75, 3.05) is 13.2 Å². The van der Waals surface area contributed by atoms with Crippen LogP contribution in [0, 0.1) is 5.92 Å². The average Bonchev–Trinajstić information content (AvgIpc) is 2.43. The van der Waals surface area contributed by atoms with Gasteiger partial charge in [-0.15, -0.1) is 0 Å². The van der Waals surface area contributed by atoms with Crippen molar-refractivity contribution in [1.82, 2.24) is 0 Å². The maximum Gasteiger partial charge on any atom is 0.452 e. The lowest BCUT2D eigenvalue weighted by Crippen LogP contribution is -2.11. The molecule has 0 aliphatic carbocycles. The van der Waals surface area contributed by atoms with E-state index in [-0.39, 0.29) is 6.61 Å². The summed E-state index contributed by atoms with van der Waals surface area (Å²) in [6.45, 7) is 6.62. The summed E-state index contributed by atoms with van der Waals surface area (Å²) < 4.78 is 9.57. The van der Waals surface area contributed by atoms with E-state index in [1.165, 1.54) is 0 Å². The number of carbonyl (C=O) groups is 2. The molecule has 0 rings (SSSR count). The van der Waals surface area contributed by atoms with E-state index in [0.29, 0.717) is 18.9 Å². The Kier molecular flexibility index (Phi) is 10.7. The summed E-state index contributed by atoms with van der Waals surface area (Å²) in [5.41, 5.74) is 0. The number of ether oxygens (including phenoxy) is 2. The van der Waals surface area contributed by atoms with Crippen LogP contribution in [0.15, 0.2) is 10.2 Å². The summed E-state index contributed by atoms with van der Waals surface area (Å²) in [7, 11) is 0. The fourth-order valence-corrected chi connectivity index (χ4v) is 1.42. The van der Waals surface area contributed by atoms with Crippen LogP contribution in [0.3, 0.4) is 0 Å². The number of hydrogen-bond acceptors (Lipinski definition) is 4. The normalized spacial score (nSPS) is 12.4. The maximum atomic E-state index is 11.2. The zero-order chi connectivity index (χ0) is 14.5. The fourth-order valence-electron chi connectivity index (χ4n) is 1.42. The molecule has 1 atom stereocenters. The Bertz CT molecular complexity index is 292. The molecule has 0 aromatic rings. The predicted octanol–water partition coefficient (Wildman–Crippen LogP) is 4.34. The Morgan fingerprint density at radius 2 is 1.63 bits per heavy atom. The molecular weight excluding hydrogens is 248 g/mol. The van der Waals surface area contributed by atoms with Crippen molar-refractivity contribution in [2.45, 2.75) is 52.9 Å². The van der Waals surface area contributed by atoms with E-state index in [1.807, 2.05) is 6.92 Å². The van der Waals surface area contributed by atoms with E-state index in [0.717, 1.165) is 25.7 Å². The highest BCUT2D eigenvalue weighted by atomic mass is 16.6. The summed E-state index contributed by atoms with van der Waals surface area (Å²) in [5, 5.41) is 6.27. The average molecular weight is 272 g/mol. The lowest BCUT2D eigenvalue weighted by Gasteiger charge is -2.12. The number of nitrogens with zero attached hydrogens (tertiary/aromatic N) is 2. The topological polar surface area (TPSA) is 77.3 Å². The highest BCUT2D eigenvalue weighted by molar-refractivity contribution is 5.73. The van der Waals surface area contributed by atoms with Crippen LogP contribution in [-0.4, -0.2) is 25.4 Å².